The molecule has 1 amide bonds. The van der Waals surface area contributed by atoms with E-state index in [-0.39, 0.29) is 17.7 Å². The molecular formula is C17H24F2N2O2. The molecule has 0 saturated carbocycles. The molecule has 1 aliphatic heterocycles. The summed E-state index contributed by atoms with van der Waals surface area (Å²) < 4.78 is 28.9. The molecule has 1 atom stereocenters. The van der Waals surface area contributed by atoms with Crippen LogP contribution in [0.2, 0.25) is 0 Å². The summed E-state index contributed by atoms with van der Waals surface area (Å²) in [7, 11) is 0. The Hall–Kier alpha value is -1.69. The standard InChI is InChI=1S/C17H24F2N2O2/c1-12(14-3-2-4-15(11-14)23-17(18)19)21-16(22)6-5-13-7-9-20-10-8-13/h2-4,11-13,17,20H,5-10H2,1H3,(H,21,22). The molecule has 0 spiro atoms. The Morgan fingerprint density at radius 1 is 1.39 bits per heavy atom. The monoisotopic (exact) mass is 326 g/mol. The topological polar surface area (TPSA) is 50.4 Å². The van der Waals surface area contributed by atoms with Gasteiger partial charge in [-0.15, -0.1) is 0 Å². The van der Waals surface area contributed by atoms with E-state index >= 15 is 0 Å². The van der Waals surface area contributed by atoms with Crippen LogP contribution < -0.4 is 15.4 Å². The van der Waals surface area contributed by atoms with Crippen molar-refractivity contribution in [1.82, 2.24) is 10.6 Å². The van der Waals surface area contributed by atoms with Gasteiger partial charge in [0.2, 0.25) is 5.91 Å². The second-order valence-electron chi connectivity index (χ2n) is 5.97. The number of ether oxygens (including phenoxy) is 1. The minimum atomic E-state index is -2.85. The average Bonchev–Trinajstić information content (AvgIpc) is 2.53. The Morgan fingerprint density at radius 2 is 2.13 bits per heavy atom. The highest BCUT2D eigenvalue weighted by Crippen LogP contribution is 2.21. The van der Waals surface area contributed by atoms with Crippen LogP contribution in [0.3, 0.4) is 0 Å². The Balaban J connectivity index is 1.80. The molecule has 0 aromatic heterocycles. The number of carbonyl (C=O) groups excluding carboxylic acids is 1. The quantitative estimate of drug-likeness (QED) is 0.809. The maximum absolute atomic E-state index is 12.2. The number of nitrogens with one attached hydrogen (secondary N) is 2. The third-order valence-electron chi connectivity index (χ3n) is 4.20. The van der Waals surface area contributed by atoms with E-state index in [0.717, 1.165) is 37.9 Å². The fourth-order valence-corrected chi connectivity index (χ4v) is 2.86. The van der Waals surface area contributed by atoms with E-state index in [2.05, 4.69) is 15.4 Å². The number of halogens is 2. The summed E-state index contributed by atoms with van der Waals surface area (Å²) in [5.74, 6) is 0.713. The second kappa shape index (κ2) is 8.82. The molecule has 0 bridgehead atoms. The zero-order valence-corrected chi connectivity index (χ0v) is 13.4. The fraction of sp³-hybridized carbons (Fsp3) is 0.588. The molecule has 1 unspecified atom stereocenters. The van der Waals surface area contributed by atoms with Crippen LogP contribution in [0, 0.1) is 5.92 Å². The molecule has 4 nitrogen and oxygen atoms in total. The van der Waals surface area contributed by atoms with Crippen LogP contribution in [0.1, 0.15) is 44.2 Å². The summed E-state index contributed by atoms with van der Waals surface area (Å²) in [6.07, 6.45) is 3.64. The average molecular weight is 326 g/mol. The van der Waals surface area contributed by atoms with Gasteiger partial charge in [-0.3, -0.25) is 4.79 Å². The number of carbonyl (C=O) groups is 1. The van der Waals surface area contributed by atoms with E-state index < -0.39 is 6.61 Å². The molecule has 0 aliphatic carbocycles. The lowest BCUT2D eigenvalue weighted by atomic mass is 9.93. The highest BCUT2D eigenvalue weighted by Gasteiger charge is 2.16. The lowest BCUT2D eigenvalue weighted by Crippen LogP contribution is -2.30. The molecule has 6 heteroatoms. The van der Waals surface area contributed by atoms with Crippen molar-refractivity contribution < 1.29 is 18.3 Å². The second-order valence-corrected chi connectivity index (χ2v) is 5.97. The first-order valence-corrected chi connectivity index (χ1v) is 8.09. The van der Waals surface area contributed by atoms with Gasteiger partial charge < -0.3 is 15.4 Å². The summed E-state index contributed by atoms with van der Waals surface area (Å²) in [5.41, 5.74) is 0.748. The summed E-state index contributed by atoms with van der Waals surface area (Å²) in [4.78, 5) is 12.1. The van der Waals surface area contributed by atoms with Crippen LogP contribution in [0.15, 0.2) is 24.3 Å². The highest BCUT2D eigenvalue weighted by molar-refractivity contribution is 5.76. The largest absolute Gasteiger partial charge is 0.435 e. The first-order chi connectivity index (χ1) is 11.0. The van der Waals surface area contributed by atoms with E-state index in [4.69, 9.17) is 0 Å². The number of piperidine rings is 1. The molecule has 1 aliphatic rings. The number of alkyl halides is 2. The van der Waals surface area contributed by atoms with E-state index in [0.29, 0.717) is 12.3 Å². The first kappa shape index (κ1) is 17.7. The SMILES string of the molecule is CC(NC(=O)CCC1CCNCC1)c1cccc(OC(F)F)c1. The summed E-state index contributed by atoms with van der Waals surface area (Å²) >= 11 is 0. The van der Waals surface area contributed by atoms with Gasteiger partial charge in [0.15, 0.2) is 0 Å². The van der Waals surface area contributed by atoms with Crippen LogP contribution in [-0.2, 0) is 4.79 Å². The molecule has 1 saturated heterocycles. The maximum atomic E-state index is 12.2. The molecule has 2 rings (SSSR count). The number of benzene rings is 1. The molecule has 1 heterocycles. The Labute approximate surface area is 135 Å². The minimum Gasteiger partial charge on any atom is -0.435 e. The predicted molar refractivity (Wildman–Crippen MR) is 84.5 cm³/mol. The molecule has 23 heavy (non-hydrogen) atoms. The molecule has 0 radical (unpaired) electrons. The maximum Gasteiger partial charge on any atom is 0.387 e. The smallest absolute Gasteiger partial charge is 0.387 e. The normalized spacial score (nSPS) is 17.0. The molecule has 1 fully saturated rings. The van der Waals surface area contributed by atoms with Crippen LogP contribution in [0.4, 0.5) is 8.78 Å². The number of hydrogen-bond donors (Lipinski definition) is 2. The van der Waals surface area contributed by atoms with Crippen LogP contribution >= 0.6 is 0 Å². The molecular weight excluding hydrogens is 302 g/mol. The van der Waals surface area contributed by atoms with E-state index in [1.54, 1.807) is 12.1 Å². The number of hydrogen-bond acceptors (Lipinski definition) is 3. The molecule has 1 aromatic carbocycles. The minimum absolute atomic E-state index is 0.00351. The van der Waals surface area contributed by atoms with Crippen LogP contribution in [0.5, 0.6) is 5.75 Å². The van der Waals surface area contributed by atoms with Crippen molar-refractivity contribution in [3.05, 3.63) is 29.8 Å². The van der Waals surface area contributed by atoms with Crippen molar-refractivity contribution in [2.24, 2.45) is 5.92 Å². The predicted octanol–water partition coefficient (Wildman–Crippen LogP) is 3.25. The van der Waals surface area contributed by atoms with Crippen molar-refractivity contribution in [1.29, 1.82) is 0 Å². The summed E-state index contributed by atoms with van der Waals surface area (Å²) in [6.45, 7) is 1.04. The van der Waals surface area contributed by atoms with Crippen molar-refractivity contribution in [2.75, 3.05) is 13.1 Å². The number of amides is 1. The Morgan fingerprint density at radius 3 is 2.83 bits per heavy atom. The van der Waals surface area contributed by atoms with Crippen LogP contribution in [-0.4, -0.2) is 25.6 Å². The zero-order chi connectivity index (χ0) is 16.7. The van der Waals surface area contributed by atoms with Gasteiger partial charge in [0.1, 0.15) is 5.75 Å². The van der Waals surface area contributed by atoms with Gasteiger partial charge in [0, 0.05) is 6.42 Å². The third kappa shape index (κ3) is 6.14. The van der Waals surface area contributed by atoms with Gasteiger partial charge >= 0.3 is 6.61 Å². The molecule has 128 valence electrons. The van der Waals surface area contributed by atoms with Gasteiger partial charge in [0.05, 0.1) is 6.04 Å². The lowest BCUT2D eigenvalue weighted by molar-refractivity contribution is -0.122. The van der Waals surface area contributed by atoms with Gasteiger partial charge in [0.25, 0.3) is 0 Å². The Bertz CT molecular complexity index is 505. The van der Waals surface area contributed by atoms with Gasteiger partial charge in [-0.1, -0.05) is 12.1 Å². The van der Waals surface area contributed by atoms with Gasteiger partial charge in [-0.25, -0.2) is 0 Å². The summed E-state index contributed by atoms with van der Waals surface area (Å²) in [6, 6.07) is 6.20. The van der Waals surface area contributed by atoms with Crippen LogP contribution in [0.25, 0.3) is 0 Å². The van der Waals surface area contributed by atoms with Crippen molar-refractivity contribution in [3.63, 3.8) is 0 Å². The molecule has 1 aromatic rings. The lowest BCUT2D eigenvalue weighted by Gasteiger charge is -2.22. The summed E-state index contributed by atoms with van der Waals surface area (Å²) in [5, 5.41) is 6.23. The zero-order valence-electron chi connectivity index (χ0n) is 13.4. The van der Waals surface area contributed by atoms with E-state index in [9.17, 15) is 13.6 Å². The Kier molecular flexibility index (Phi) is 6.77. The van der Waals surface area contributed by atoms with Crippen molar-refractivity contribution in [2.45, 2.75) is 45.3 Å². The van der Waals surface area contributed by atoms with Gasteiger partial charge in [-0.05, 0) is 62.9 Å². The van der Waals surface area contributed by atoms with Crippen molar-refractivity contribution in [3.8, 4) is 5.75 Å². The fourth-order valence-electron chi connectivity index (χ4n) is 2.86. The first-order valence-electron chi connectivity index (χ1n) is 8.09. The third-order valence-corrected chi connectivity index (χ3v) is 4.20. The highest BCUT2D eigenvalue weighted by atomic mass is 19.3. The number of rotatable bonds is 7. The van der Waals surface area contributed by atoms with E-state index in [1.807, 2.05) is 6.92 Å². The van der Waals surface area contributed by atoms with E-state index in [1.165, 1.54) is 12.1 Å². The van der Waals surface area contributed by atoms with Crippen molar-refractivity contribution >= 4 is 5.91 Å². The van der Waals surface area contributed by atoms with Gasteiger partial charge in [-0.2, -0.15) is 8.78 Å². The molecule has 2 N–H and O–H groups in total.